The topological polar surface area (TPSA) is 44.8 Å². The van der Waals surface area contributed by atoms with Crippen LogP contribution in [0.1, 0.15) is 26.7 Å². The summed E-state index contributed by atoms with van der Waals surface area (Å²) >= 11 is 0. The standard InChI is InChI=1S/C14H29N3O2/c1-5-15-13(14(18)19-6-2)8-10-17-9-7-12(11-17)16(3)4/h12-13,15H,5-11H2,1-4H3. The smallest absolute Gasteiger partial charge is 0.323 e. The summed E-state index contributed by atoms with van der Waals surface area (Å²) in [5.74, 6) is -0.118. The van der Waals surface area contributed by atoms with E-state index in [2.05, 4.69) is 29.2 Å². The largest absolute Gasteiger partial charge is 0.465 e. The third-order valence-corrected chi connectivity index (χ3v) is 3.73. The molecule has 2 unspecified atom stereocenters. The number of carbonyl (C=O) groups excluding carboxylic acids is 1. The SMILES string of the molecule is CCNC(CCN1CCC(N(C)C)C1)C(=O)OCC. The summed E-state index contributed by atoms with van der Waals surface area (Å²) in [7, 11) is 4.27. The second-order valence-corrected chi connectivity index (χ2v) is 5.36. The van der Waals surface area contributed by atoms with Gasteiger partial charge in [0.05, 0.1) is 6.61 Å². The minimum Gasteiger partial charge on any atom is -0.465 e. The van der Waals surface area contributed by atoms with Gasteiger partial charge in [-0.3, -0.25) is 4.79 Å². The number of hydrogen-bond donors (Lipinski definition) is 1. The molecule has 0 radical (unpaired) electrons. The first-order chi connectivity index (χ1) is 9.08. The quantitative estimate of drug-likeness (QED) is 0.653. The number of ether oxygens (including phenoxy) is 1. The average Bonchev–Trinajstić information content (AvgIpc) is 2.83. The predicted molar refractivity (Wildman–Crippen MR) is 77.2 cm³/mol. The van der Waals surface area contributed by atoms with Crippen LogP contribution in [0.15, 0.2) is 0 Å². The second-order valence-electron chi connectivity index (χ2n) is 5.36. The molecule has 1 aliphatic heterocycles. The van der Waals surface area contributed by atoms with Crippen LogP contribution in [0, 0.1) is 0 Å². The molecule has 112 valence electrons. The van der Waals surface area contributed by atoms with Gasteiger partial charge >= 0.3 is 5.97 Å². The molecule has 0 aromatic carbocycles. The molecule has 0 bridgehead atoms. The van der Waals surface area contributed by atoms with Crippen molar-refractivity contribution in [2.45, 2.75) is 38.8 Å². The second kappa shape index (κ2) is 8.51. The van der Waals surface area contributed by atoms with Crippen molar-refractivity contribution in [3.63, 3.8) is 0 Å². The number of nitrogens with zero attached hydrogens (tertiary/aromatic N) is 2. The molecule has 0 aromatic rings. The van der Waals surface area contributed by atoms with Crippen LogP contribution in [0.5, 0.6) is 0 Å². The number of carbonyl (C=O) groups is 1. The average molecular weight is 271 g/mol. The Bertz CT molecular complexity index is 271. The number of hydrogen-bond acceptors (Lipinski definition) is 5. The van der Waals surface area contributed by atoms with Gasteiger partial charge in [-0.2, -0.15) is 0 Å². The first kappa shape index (κ1) is 16.4. The van der Waals surface area contributed by atoms with Crippen LogP contribution < -0.4 is 5.32 Å². The van der Waals surface area contributed by atoms with Crippen LogP contribution in [-0.4, -0.2) is 74.7 Å². The lowest BCUT2D eigenvalue weighted by Gasteiger charge is -2.22. The summed E-state index contributed by atoms with van der Waals surface area (Å²) in [5, 5.41) is 3.21. The molecule has 19 heavy (non-hydrogen) atoms. The van der Waals surface area contributed by atoms with E-state index >= 15 is 0 Å². The third kappa shape index (κ3) is 5.47. The van der Waals surface area contributed by atoms with E-state index in [0.29, 0.717) is 12.6 Å². The fourth-order valence-corrected chi connectivity index (χ4v) is 2.54. The molecule has 0 aliphatic carbocycles. The van der Waals surface area contributed by atoms with Crippen LogP contribution in [0.4, 0.5) is 0 Å². The molecule has 1 rings (SSSR count). The molecular weight excluding hydrogens is 242 g/mol. The highest BCUT2D eigenvalue weighted by Crippen LogP contribution is 2.13. The lowest BCUT2D eigenvalue weighted by molar-refractivity contribution is -0.145. The summed E-state index contributed by atoms with van der Waals surface area (Å²) in [6.45, 7) is 8.31. The van der Waals surface area contributed by atoms with Crippen LogP contribution in [0.2, 0.25) is 0 Å². The zero-order valence-corrected chi connectivity index (χ0v) is 12.8. The number of rotatable bonds is 8. The molecule has 1 heterocycles. The van der Waals surface area contributed by atoms with Gasteiger partial charge < -0.3 is 19.9 Å². The Morgan fingerprint density at radius 2 is 2.21 bits per heavy atom. The van der Waals surface area contributed by atoms with Crippen molar-refractivity contribution in [1.29, 1.82) is 0 Å². The fraction of sp³-hybridized carbons (Fsp3) is 0.929. The van der Waals surface area contributed by atoms with E-state index in [0.717, 1.165) is 32.6 Å². The minimum absolute atomic E-state index is 0.118. The molecule has 0 spiro atoms. The molecular formula is C14H29N3O2. The highest BCUT2D eigenvalue weighted by Gasteiger charge is 2.25. The van der Waals surface area contributed by atoms with Crippen molar-refractivity contribution in [1.82, 2.24) is 15.1 Å². The molecule has 1 fully saturated rings. The molecule has 1 aliphatic rings. The highest BCUT2D eigenvalue weighted by molar-refractivity contribution is 5.75. The molecule has 2 atom stereocenters. The van der Waals surface area contributed by atoms with E-state index in [1.807, 2.05) is 13.8 Å². The van der Waals surface area contributed by atoms with Crippen molar-refractivity contribution in [2.75, 3.05) is 46.9 Å². The zero-order chi connectivity index (χ0) is 14.3. The van der Waals surface area contributed by atoms with Crippen molar-refractivity contribution in [2.24, 2.45) is 0 Å². The van der Waals surface area contributed by atoms with Crippen molar-refractivity contribution < 1.29 is 9.53 Å². The monoisotopic (exact) mass is 271 g/mol. The van der Waals surface area contributed by atoms with Crippen molar-refractivity contribution >= 4 is 5.97 Å². The maximum Gasteiger partial charge on any atom is 0.323 e. The van der Waals surface area contributed by atoms with E-state index in [-0.39, 0.29) is 12.0 Å². The Morgan fingerprint density at radius 1 is 1.47 bits per heavy atom. The van der Waals surface area contributed by atoms with Gasteiger partial charge in [-0.1, -0.05) is 6.92 Å². The molecule has 0 aromatic heterocycles. The summed E-state index contributed by atoms with van der Waals surface area (Å²) in [5.41, 5.74) is 0. The molecule has 1 saturated heterocycles. The number of esters is 1. The Morgan fingerprint density at radius 3 is 2.74 bits per heavy atom. The molecule has 0 amide bonds. The van der Waals surface area contributed by atoms with Crippen LogP contribution in [-0.2, 0) is 9.53 Å². The number of likely N-dealkylation sites (tertiary alicyclic amines) is 1. The zero-order valence-electron chi connectivity index (χ0n) is 12.8. The molecule has 5 heteroatoms. The van der Waals surface area contributed by atoms with Crippen molar-refractivity contribution in [3.8, 4) is 0 Å². The molecule has 1 N–H and O–H groups in total. The number of nitrogens with one attached hydrogen (secondary N) is 1. The maximum atomic E-state index is 11.8. The lowest BCUT2D eigenvalue weighted by atomic mass is 10.2. The van der Waals surface area contributed by atoms with Gasteiger partial charge in [0.15, 0.2) is 0 Å². The first-order valence-electron chi connectivity index (χ1n) is 7.37. The Balaban J connectivity index is 2.34. The molecule has 0 saturated carbocycles. The Labute approximate surface area is 117 Å². The lowest BCUT2D eigenvalue weighted by Crippen LogP contribution is -2.41. The van der Waals surface area contributed by atoms with Gasteiger partial charge in [0, 0.05) is 19.1 Å². The van der Waals surface area contributed by atoms with Gasteiger partial charge in [-0.15, -0.1) is 0 Å². The van der Waals surface area contributed by atoms with E-state index in [1.165, 1.54) is 6.42 Å². The van der Waals surface area contributed by atoms with Crippen molar-refractivity contribution in [3.05, 3.63) is 0 Å². The van der Waals surface area contributed by atoms with Crippen LogP contribution >= 0.6 is 0 Å². The van der Waals surface area contributed by atoms with Gasteiger partial charge in [0.2, 0.25) is 0 Å². The summed E-state index contributed by atoms with van der Waals surface area (Å²) < 4.78 is 5.10. The van der Waals surface area contributed by atoms with Crippen LogP contribution in [0.25, 0.3) is 0 Å². The van der Waals surface area contributed by atoms with E-state index in [1.54, 1.807) is 0 Å². The maximum absolute atomic E-state index is 11.8. The van der Waals surface area contributed by atoms with Crippen LogP contribution in [0.3, 0.4) is 0 Å². The van der Waals surface area contributed by atoms with E-state index < -0.39 is 0 Å². The normalized spacial score (nSPS) is 21.8. The number of likely N-dealkylation sites (N-methyl/N-ethyl adjacent to an activating group) is 2. The van der Waals surface area contributed by atoms with Gasteiger partial charge in [-0.05, 0) is 47.0 Å². The Kier molecular flexibility index (Phi) is 7.34. The summed E-state index contributed by atoms with van der Waals surface area (Å²) in [6.07, 6.45) is 2.05. The van der Waals surface area contributed by atoms with Gasteiger partial charge in [0.1, 0.15) is 6.04 Å². The molecule has 5 nitrogen and oxygen atoms in total. The predicted octanol–water partition coefficient (Wildman–Crippen LogP) is 0.554. The minimum atomic E-state index is -0.164. The van der Waals surface area contributed by atoms with E-state index in [9.17, 15) is 4.79 Å². The van der Waals surface area contributed by atoms with E-state index in [4.69, 9.17) is 4.74 Å². The fourth-order valence-electron chi connectivity index (χ4n) is 2.54. The third-order valence-electron chi connectivity index (χ3n) is 3.73. The van der Waals surface area contributed by atoms with Gasteiger partial charge in [0.25, 0.3) is 0 Å². The van der Waals surface area contributed by atoms with Gasteiger partial charge in [-0.25, -0.2) is 0 Å². The summed E-state index contributed by atoms with van der Waals surface area (Å²) in [6, 6.07) is 0.489. The first-order valence-corrected chi connectivity index (χ1v) is 7.37. The highest BCUT2D eigenvalue weighted by atomic mass is 16.5. The Hall–Kier alpha value is -0.650. The summed E-state index contributed by atoms with van der Waals surface area (Å²) in [4.78, 5) is 16.5.